The second-order valence-corrected chi connectivity index (χ2v) is 7.30. The molecule has 2 aromatic rings. The molecule has 0 amide bonds. The van der Waals surface area contributed by atoms with Crippen molar-refractivity contribution in [3.8, 4) is 11.5 Å². The maximum Gasteiger partial charge on any atom is 0.200 e. The van der Waals surface area contributed by atoms with Crippen molar-refractivity contribution in [3.05, 3.63) is 35.4 Å². The van der Waals surface area contributed by atoms with E-state index in [9.17, 15) is 0 Å². The molecule has 0 bridgehead atoms. The minimum atomic E-state index is -0.196. The van der Waals surface area contributed by atoms with Crippen LogP contribution in [0.4, 0.5) is 11.4 Å². The average molecular weight is 364 g/mol. The Kier molecular flexibility index (Phi) is 4.48. The van der Waals surface area contributed by atoms with Crippen molar-refractivity contribution in [2.24, 2.45) is 0 Å². The number of hydrogen-bond acceptors (Lipinski definition) is 5. The van der Waals surface area contributed by atoms with Gasteiger partial charge in [-0.2, -0.15) is 0 Å². The van der Waals surface area contributed by atoms with Gasteiger partial charge in [0.1, 0.15) is 0 Å². The Balaban J connectivity index is 1.64. The summed E-state index contributed by atoms with van der Waals surface area (Å²) in [5.74, 6) is 1.41. The Morgan fingerprint density at radius 2 is 2.00 bits per heavy atom. The van der Waals surface area contributed by atoms with Crippen LogP contribution in [0.1, 0.15) is 19.3 Å². The van der Waals surface area contributed by atoms with Gasteiger partial charge in [-0.15, -0.1) is 0 Å². The fourth-order valence-electron chi connectivity index (χ4n) is 2.87. The SMILES string of the molecule is COc1cc2c(cc1OC1CCCCO1)Sc1ccc(Cl)cc1N2. The molecule has 1 unspecified atom stereocenters. The zero-order valence-electron chi connectivity index (χ0n) is 13.3. The lowest BCUT2D eigenvalue weighted by molar-refractivity contribution is -0.106. The molecule has 4 nitrogen and oxygen atoms in total. The van der Waals surface area contributed by atoms with E-state index in [-0.39, 0.29) is 6.29 Å². The van der Waals surface area contributed by atoms with Crippen LogP contribution in [0.3, 0.4) is 0 Å². The first kappa shape index (κ1) is 15.9. The topological polar surface area (TPSA) is 39.7 Å². The molecule has 24 heavy (non-hydrogen) atoms. The normalized spacial score (nSPS) is 19.0. The summed E-state index contributed by atoms with van der Waals surface area (Å²) >= 11 is 7.78. The van der Waals surface area contributed by atoms with Crippen molar-refractivity contribution >= 4 is 34.7 Å². The molecule has 126 valence electrons. The third-order valence-corrected chi connectivity index (χ3v) is 5.46. The molecule has 0 aromatic heterocycles. The van der Waals surface area contributed by atoms with Crippen molar-refractivity contribution < 1.29 is 14.2 Å². The third-order valence-electron chi connectivity index (χ3n) is 4.09. The average Bonchev–Trinajstić information content (AvgIpc) is 2.60. The molecule has 2 aliphatic rings. The van der Waals surface area contributed by atoms with Gasteiger partial charge in [0.2, 0.25) is 0 Å². The van der Waals surface area contributed by atoms with Gasteiger partial charge in [-0.1, -0.05) is 23.4 Å². The Morgan fingerprint density at radius 1 is 1.12 bits per heavy atom. The zero-order valence-corrected chi connectivity index (χ0v) is 14.9. The number of fused-ring (bicyclic) bond motifs is 2. The maximum atomic E-state index is 6.09. The Bertz CT molecular complexity index is 762. The Labute approximate surface area is 150 Å². The summed E-state index contributed by atoms with van der Waals surface area (Å²) in [7, 11) is 1.65. The monoisotopic (exact) mass is 363 g/mol. The van der Waals surface area contributed by atoms with Crippen LogP contribution in [-0.2, 0) is 4.74 Å². The zero-order chi connectivity index (χ0) is 16.5. The summed E-state index contributed by atoms with van der Waals surface area (Å²) in [4.78, 5) is 2.23. The van der Waals surface area contributed by atoms with Gasteiger partial charge < -0.3 is 19.5 Å². The van der Waals surface area contributed by atoms with E-state index in [1.165, 1.54) is 0 Å². The van der Waals surface area contributed by atoms with Crippen LogP contribution in [0.25, 0.3) is 0 Å². The van der Waals surface area contributed by atoms with Crippen LogP contribution in [0.5, 0.6) is 11.5 Å². The maximum absolute atomic E-state index is 6.09. The lowest BCUT2D eigenvalue weighted by Gasteiger charge is -2.26. The molecule has 6 heteroatoms. The minimum Gasteiger partial charge on any atom is -0.493 e. The molecular weight excluding hydrogens is 346 g/mol. The number of methoxy groups -OCH3 is 1. The summed E-state index contributed by atoms with van der Waals surface area (Å²) in [6.45, 7) is 0.752. The first-order valence-electron chi connectivity index (χ1n) is 7.97. The van der Waals surface area contributed by atoms with Crippen LogP contribution in [-0.4, -0.2) is 20.0 Å². The van der Waals surface area contributed by atoms with Gasteiger partial charge in [-0.3, -0.25) is 0 Å². The fourth-order valence-corrected chi connectivity index (χ4v) is 4.02. The predicted molar refractivity (Wildman–Crippen MR) is 96.1 cm³/mol. The fraction of sp³-hybridized carbons (Fsp3) is 0.333. The first-order valence-corrected chi connectivity index (χ1v) is 9.17. The molecule has 1 N–H and O–H groups in total. The van der Waals surface area contributed by atoms with E-state index < -0.39 is 0 Å². The second kappa shape index (κ2) is 6.75. The van der Waals surface area contributed by atoms with Crippen molar-refractivity contribution in [2.75, 3.05) is 19.0 Å². The van der Waals surface area contributed by atoms with E-state index in [0.29, 0.717) is 10.8 Å². The van der Waals surface area contributed by atoms with Gasteiger partial charge in [-0.25, -0.2) is 0 Å². The van der Waals surface area contributed by atoms with Gasteiger partial charge in [-0.05, 0) is 31.0 Å². The molecule has 2 aromatic carbocycles. The highest BCUT2D eigenvalue weighted by Crippen LogP contribution is 2.48. The number of ether oxygens (including phenoxy) is 3. The van der Waals surface area contributed by atoms with Gasteiger partial charge in [0, 0.05) is 33.4 Å². The first-order chi connectivity index (χ1) is 11.7. The molecule has 4 rings (SSSR count). The van der Waals surface area contributed by atoms with Crippen molar-refractivity contribution in [1.29, 1.82) is 0 Å². The number of hydrogen-bond donors (Lipinski definition) is 1. The summed E-state index contributed by atoms with van der Waals surface area (Å²) in [6, 6.07) is 9.83. The van der Waals surface area contributed by atoms with Gasteiger partial charge >= 0.3 is 0 Å². The quantitative estimate of drug-likeness (QED) is 0.668. The van der Waals surface area contributed by atoms with E-state index in [2.05, 4.69) is 5.32 Å². The van der Waals surface area contributed by atoms with E-state index in [0.717, 1.165) is 52.8 Å². The second-order valence-electron chi connectivity index (χ2n) is 5.78. The minimum absolute atomic E-state index is 0.196. The van der Waals surface area contributed by atoms with Crippen LogP contribution in [0.15, 0.2) is 40.1 Å². The molecular formula is C18H18ClNO3S. The number of anilines is 2. The molecule has 0 saturated carbocycles. The Morgan fingerprint density at radius 3 is 2.79 bits per heavy atom. The largest absolute Gasteiger partial charge is 0.493 e. The molecule has 1 saturated heterocycles. The van der Waals surface area contributed by atoms with Gasteiger partial charge in [0.25, 0.3) is 0 Å². The molecule has 1 fully saturated rings. The number of rotatable bonds is 3. The van der Waals surface area contributed by atoms with E-state index in [4.69, 9.17) is 25.8 Å². The van der Waals surface area contributed by atoms with Crippen LogP contribution in [0.2, 0.25) is 5.02 Å². The highest BCUT2D eigenvalue weighted by molar-refractivity contribution is 7.99. The molecule has 0 radical (unpaired) electrons. The smallest absolute Gasteiger partial charge is 0.200 e. The number of halogens is 1. The predicted octanol–water partition coefficient (Wildman–Crippen LogP) is 5.46. The van der Waals surface area contributed by atoms with E-state index >= 15 is 0 Å². The summed E-state index contributed by atoms with van der Waals surface area (Å²) in [5.41, 5.74) is 2.00. The summed E-state index contributed by atoms with van der Waals surface area (Å²) in [6.07, 6.45) is 2.94. The lowest BCUT2D eigenvalue weighted by Crippen LogP contribution is -2.25. The highest BCUT2D eigenvalue weighted by atomic mass is 35.5. The van der Waals surface area contributed by atoms with Gasteiger partial charge in [0.15, 0.2) is 17.8 Å². The molecule has 2 heterocycles. The summed E-state index contributed by atoms with van der Waals surface area (Å²) in [5, 5.41) is 4.13. The number of nitrogens with one attached hydrogen (secondary N) is 1. The molecule has 0 aliphatic carbocycles. The van der Waals surface area contributed by atoms with Crippen LogP contribution < -0.4 is 14.8 Å². The molecule has 1 atom stereocenters. The number of benzene rings is 2. The lowest BCUT2D eigenvalue weighted by atomic mass is 10.2. The standard InChI is InChI=1S/C18H18ClNO3S/c1-21-14-9-13-17(10-15(14)23-18-4-2-3-7-22-18)24-16-6-5-11(19)8-12(16)20-13/h5-6,8-10,18,20H,2-4,7H2,1H3. The highest BCUT2D eigenvalue weighted by Gasteiger charge is 2.22. The third kappa shape index (κ3) is 3.16. The van der Waals surface area contributed by atoms with E-state index in [1.54, 1.807) is 18.9 Å². The molecule has 0 spiro atoms. The van der Waals surface area contributed by atoms with Crippen molar-refractivity contribution in [3.63, 3.8) is 0 Å². The van der Waals surface area contributed by atoms with Crippen molar-refractivity contribution in [2.45, 2.75) is 35.3 Å². The Hall–Kier alpha value is -1.56. The van der Waals surface area contributed by atoms with Gasteiger partial charge in [0.05, 0.1) is 25.1 Å². The van der Waals surface area contributed by atoms with Crippen LogP contribution in [0, 0.1) is 0 Å². The summed E-state index contributed by atoms with van der Waals surface area (Å²) < 4.78 is 17.2. The van der Waals surface area contributed by atoms with Crippen molar-refractivity contribution in [1.82, 2.24) is 0 Å². The molecule has 2 aliphatic heterocycles. The van der Waals surface area contributed by atoms with E-state index in [1.807, 2.05) is 30.3 Å². The van der Waals surface area contributed by atoms with Crippen LogP contribution >= 0.6 is 23.4 Å².